The molecule has 3 heteroatoms. The molecule has 1 aromatic carbocycles. The van der Waals surface area contributed by atoms with Crippen LogP contribution in [-0.4, -0.2) is 17.6 Å². The molecule has 1 aliphatic rings. The smallest absolute Gasteiger partial charge is 0.230 e. The SMILES string of the molecule is CCN(C(=O)C1CCC(C)CC1)c1cc(O)ccc1C. The van der Waals surface area contributed by atoms with E-state index < -0.39 is 0 Å². The Morgan fingerprint density at radius 3 is 2.55 bits per heavy atom. The van der Waals surface area contributed by atoms with Crippen molar-refractivity contribution < 1.29 is 9.90 Å². The summed E-state index contributed by atoms with van der Waals surface area (Å²) in [5.41, 5.74) is 1.87. The first-order valence-electron chi connectivity index (χ1n) is 7.64. The van der Waals surface area contributed by atoms with Crippen molar-refractivity contribution in [3.8, 4) is 5.75 Å². The largest absolute Gasteiger partial charge is 0.508 e. The van der Waals surface area contributed by atoms with Crippen molar-refractivity contribution in [1.29, 1.82) is 0 Å². The van der Waals surface area contributed by atoms with Gasteiger partial charge in [0.15, 0.2) is 0 Å². The number of phenolic OH excluding ortho intramolecular Hbond substituents is 1. The number of carbonyl (C=O) groups is 1. The molecule has 110 valence electrons. The molecular formula is C17H25NO2. The molecule has 0 unspecified atom stereocenters. The lowest BCUT2D eigenvalue weighted by molar-refractivity contribution is -0.123. The molecule has 0 spiro atoms. The summed E-state index contributed by atoms with van der Waals surface area (Å²) in [4.78, 5) is 14.6. The van der Waals surface area contributed by atoms with Crippen LogP contribution in [0.4, 0.5) is 5.69 Å². The average molecular weight is 275 g/mol. The van der Waals surface area contributed by atoms with Gasteiger partial charge in [-0.1, -0.05) is 13.0 Å². The van der Waals surface area contributed by atoms with Crippen LogP contribution in [0.25, 0.3) is 0 Å². The van der Waals surface area contributed by atoms with Gasteiger partial charge in [0.1, 0.15) is 5.75 Å². The highest BCUT2D eigenvalue weighted by Gasteiger charge is 2.28. The number of hydrogen-bond donors (Lipinski definition) is 1. The van der Waals surface area contributed by atoms with Crippen LogP contribution < -0.4 is 4.90 Å². The Morgan fingerprint density at radius 1 is 1.30 bits per heavy atom. The normalized spacial score (nSPS) is 22.6. The summed E-state index contributed by atoms with van der Waals surface area (Å²) in [6.07, 6.45) is 4.28. The second-order valence-electron chi connectivity index (χ2n) is 6.01. The van der Waals surface area contributed by atoms with E-state index in [2.05, 4.69) is 6.92 Å². The minimum Gasteiger partial charge on any atom is -0.508 e. The van der Waals surface area contributed by atoms with Gasteiger partial charge in [-0.2, -0.15) is 0 Å². The lowest BCUT2D eigenvalue weighted by Gasteiger charge is -2.31. The van der Waals surface area contributed by atoms with Gasteiger partial charge in [0.25, 0.3) is 0 Å². The van der Waals surface area contributed by atoms with Gasteiger partial charge in [0.05, 0.1) is 5.69 Å². The molecule has 0 saturated heterocycles. The van der Waals surface area contributed by atoms with Crippen molar-refractivity contribution in [2.75, 3.05) is 11.4 Å². The number of carbonyl (C=O) groups excluding carboxylic acids is 1. The maximum Gasteiger partial charge on any atom is 0.230 e. The van der Waals surface area contributed by atoms with Crippen LogP contribution >= 0.6 is 0 Å². The van der Waals surface area contributed by atoms with Crippen molar-refractivity contribution in [2.45, 2.75) is 46.5 Å². The highest BCUT2D eigenvalue weighted by molar-refractivity contribution is 5.95. The number of amides is 1. The van der Waals surface area contributed by atoms with Crippen molar-refractivity contribution in [2.24, 2.45) is 11.8 Å². The van der Waals surface area contributed by atoms with E-state index >= 15 is 0 Å². The van der Waals surface area contributed by atoms with Crippen LogP contribution in [0.2, 0.25) is 0 Å². The Morgan fingerprint density at radius 2 is 1.95 bits per heavy atom. The fraction of sp³-hybridized carbons (Fsp3) is 0.588. The zero-order valence-corrected chi connectivity index (χ0v) is 12.7. The Hall–Kier alpha value is -1.51. The quantitative estimate of drug-likeness (QED) is 0.909. The Balaban J connectivity index is 2.19. The molecule has 1 fully saturated rings. The molecule has 0 bridgehead atoms. The van der Waals surface area contributed by atoms with Gasteiger partial charge in [0, 0.05) is 18.5 Å². The Kier molecular flexibility index (Phi) is 4.69. The fourth-order valence-corrected chi connectivity index (χ4v) is 3.06. The highest BCUT2D eigenvalue weighted by Crippen LogP contribution is 2.32. The molecule has 0 heterocycles. The summed E-state index contributed by atoms with van der Waals surface area (Å²) in [5.74, 6) is 1.33. The van der Waals surface area contributed by atoms with E-state index in [0.29, 0.717) is 6.54 Å². The van der Waals surface area contributed by atoms with Gasteiger partial charge in [-0.3, -0.25) is 4.79 Å². The van der Waals surface area contributed by atoms with Crippen LogP contribution in [0.1, 0.15) is 45.1 Å². The predicted molar refractivity (Wildman–Crippen MR) is 82.0 cm³/mol. The molecule has 0 atom stereocenters. The first kappa shape index (κ1) is 14.9. The Labute approximate surface area is 121 Å². The van der Waals surface area contributed by atoms with Gasteiger partial charge in [0.2, 0.25) is 5.91 Å². The van der Waals surface area contributed by atoms with E-state index in [1.807, 2.05) is 24.8 Å². The van der Waals surface area contributed by atoms with E-state index in [1.54, 1.807) is 12.1 Å². The number of hydrogen-bond acceptors (Lipinski definition) is 2. The van der Waals surface area contributed by atoms with Gasteiger partial charge < -0.3 is 10.0 Å². The summed E-state index contributed by atoms with van der Waals surface area (Å²) in [6, 6.07) is 5.23. The first-order chi connectivity index (χ1) is 9.52. The van der Waals surface area contributed by atoms with Crippen molar-refractivity contribution in [3.05, 3.63) is 23.8 Å². The number of anilines is 1. The lowest BCUT2D eigenvalue weighted by atomic mass is 9.82. The average Bonchev–Trinajstić information content (AvgIpc) is 2.44. The molecular weight excluding hydrogens is 250 g/mol. The summed E-state index contributed by atoms with van der Waals surface area (Å²) in [6.45, 7) is 6.88. The second-order valence-corrected chi connectivity index (χ2v) is 6.01. The predicted octanol–water partition coefficient (Wildman–Crippen LogP) is 3.88. The third-order valence-electron chi connectivity index (χ3n) is 4.43. The van der Waals surface area contributed by atoms with Crippen LogP contribution in [-0.2, 0) is 4.79 Å². The molecule has 2 rings (SSSR count). The molecule has 1 saturated carbocycles. The van der Waals surface area contributed by atoms with Crippen LogP contribution in [0.3, 0.4) is 0 Å². The molecule has 0 aromatic heterocycles. The van der Waals surface area contributed by atoms with Gasteiger partial charge >= 0.3 is 0 Å². The number of aromatic hydroxyl groups is 1. The van der Waals surface area contributed by atoms with E-state index in [9.17, 15) is 9.90 Å². The van der Waals surface area contributed by atoms with Crippen LogP contribution in [0, 0.1) is 18.8 Å². The van der Waals surface area contributed by atoms with Crippen molar-refractivity contribution in [1.82, 2.24) is 0 Å². The molecule has 20 heavy (non-hydrogen) atoms. The molecule has 1 aliphatic carbocycles. The summed E-state index contributed by atoms with van der Waals surface area (Å²) >= 11 is 0. The first-order valence-corrected chi connectivity index (χ1v) is 7.64. The minimum absolute atomic E-state index is 0.146. The number of phenols is 1. The minimum atomic E-state index is 0.146. The summed E-state index contributed by atoms with van der Waals surface area (Å²) in [5, 5.41) is 9.67. The summed E-state index contributed by atoms with van der Waals surface area (Å²) < 4.78 is 0. The monoisotopic (exact) mass is 275 g/mol. The van der Waals surface area contributed by atoms with Gasteiger partial charge in [-0.05, 0) is 57.1 Å². The van der Waals surface area contributed by atoms with Crippen LogP contribution in [0.15, 0.2) is 18.2 Å². The Bertz CT molecular complexity index is 476. The second kappa shape index (κ2) is 6.29. The van der Waals surface area contributed by atoms with Crippen molar-refractivity contribution in [3.63, 3.8) is 0 Å². The molecule has 0 radical (unpaired) electrons. The molecule has 1 aromatic rings. The zero-order chi connectivity index (χ0) is 14.7. The lowest BCUT2D eigenvalue weighted by Crippen LogP contribution is -2.38. The summed E-state index contributed by atoms with van der Waals surface area (Å²) in [7, 11) is 0. The molecule has 1 N–H and O–H groups in total. The zero-order valence-electron chi connectivity index (χ0n) is 12.7. The number of benzene rings is 1. The number of aryl methyl sites for hydroxylation is 1. The maximum absolute atomic E-state index is 12.7. The van der Waals surface area contributed by atoms with Gasteiger partial charge in [-0.25, -0.2) is 0 Å². The van der Waals surface area contributed by atoms with Crippen LogP contribution in [0.5, 0.6) is 5.75 Å². The standard InChI is InChI=1S/C17H25NO2/c1-4-18(16-11-15(19)10-7-13(16)3)17(20)14-8-5-12(2)6-9-14/h7,10-12,14,19H,4-6,8-9H2,1-3H3. The third-order valence-corrected chi connectivity index (χ3v) is 4.43. The van der Waals surface area contributed by atoms with E-state index in [-0.39, 0.29) is 17.6 Å². The number of rotatable bonds is 3. The van der Waals surface area contributed by atoms with E-state index in [0.717, 1.165) is 42.9 Å². The third kappa shape index (κ3) is 3.14. The van der Waals surface area contributed by atoms with Crippen molar-refractivity contribution >= 4 is 11.6 Å². The van der Waals surface area contributed by atoms with E-state index in [1.165, 1.54) is 0 Å². The number of nitrogens with zero attached hydrogens (tertiary/aromatic N) is 1. The fourth-order valence-electron chi connectivity index (χ4n) is 3.06. The maximum atomic E-state index is 12.7. The molecule has 0 aliphatic heterocycles. The highest BCUT2D eigenvalue weighted by atomic mass is 16.3. The van der Waals surface area contributed by atoms with Gasteiger partial charge in [-0.15, -0.1) is 0 Å². The topological polar surface area (TPSA) is 40.5 Å². The van der Waals surface area contributed by atoms with E-state index in [4.69, 9.17) is 0 Å². The molecule has 3 nitrogen and oxygen atoms in total. The molecule has 1 amide bonds.